The maximum atomic E-state index is 12.7. The van der Waals surface area contributed by atoms with Crippen LogP contribution in [0.2, 0.25) is 0 Å². The number of carboxylic acid groups (broad SMARTS) is 1. The first-order valence-electron chi connectivity index (χ1n) is 23.9. The topological polar surface area (TPSA) is 102 Å². The van der Waals surface area contributed by atoms with Crippen LogP contribution in [0.4, 0.5) is 0 Å². The molecule has 0 fully saturated rings. The predicted molar refractivity (Wildman–Crippen MR) is 236 cm³/mol. The second kappa shape index (κ2) is 40.6. The van der Waals surface area contributed by atoms with Crippen molar-refractivity contribution in [1.82, 2.24) is 0 Å². The van der Waals surface area contributed by atoms with Gasteiger partial charge in [0.2, 0.25) is 0 Å². The van der Waals surface area contributed by atoms with E-state index >= 15 is 0 Å². The van der Waals surface area contributed by atoms with Crippen molar-refractivity contribution in [3.8, 4) is 0 Å². The van der Waals surface area contributed by atoms with Crippen LogP contribution in [0.25, 0.3) is 0 Å². The predicted octanol–water partition coefficient (Wildman–Crippen LogP) is 11.9. The number of allylic oxidation sites excluding steroid dienone is 4. The normalized spacial score (nSPS) is 13.1. The van der Waals surface area contributed by atoms with Gasteiger partial charge < -0.3 is 28.6 Å². The average Bonchev–Trinajstić information content (AvgIpc) is 3.17. The van der Waals surface area contributed by atoms with Gasteiger partial charge in [0, 0.05) is 19.3 Å². The minimum absolute atomic E-state index is 0.0421. The van der Waals surface area contributed by atoms with Crippen molar-refractivity contribution >= 4 is 17.9 Å². The van der Waals surface area contributed by atoms with Gasteiger partial charge in [-0.1, -0.05) is 179 Å². The zero-order valence-electron chi connectivity index (χ0n) is 38.0. The number of esters is 2. The van der Waals surface area contributed by atoms with E-state index in [-0.39, 0.29) is 42.7 Å². The summed E-state index contributed by atoms with van der Waals surface area (Å²) in [5.41, 5.74) is 0. The average molecular weight is 806 g/mol. The van der Waals surface area contributed by atoms with Crippen LogP contribution in [0, 0.1) is 0 Å². The Bertz CT molecular complexity index is 989. The third-order valence-electron chi connectivity index (χ3n) is 10.8. The quantitative estimate of drug-likeness (QED) is 0.0262. The number of carbonyl (C=O) groups is 3. The molecule has 0 aromatic carbocycles. The second-order valence-corrected chi connectivity index (χ2v) is 17.4. The Labute approximate surface area is 351 Å². The first-order chi connectivity index (χ1) is 27.6. The van der Waals surface area contributed by atoms with E-state index in [2.05, 4.69) is 38.2 Å². The molecule has 0 aliphatic carbocycles. The Morgan fingerprint density at radius 3 is 1.35 bits per heavy atom. The molecular formula is C49H91NO7. The summed E-state index contributed by atoms with van der Waals surface area (Å²) >= 11 is 0. The lowest BCUT2D eigenvalue weighted by Crippen LogP contribution is -2.55. The van der Waals surface area contributed by atoms with E-state index in [1.165, 1.54) is 135 Å². The summed E-state index contributed by atoms with van der Waals surface area (Å²) < 4.78 is 17.2. The Morgan fingerprint density at radius 2 is 0.930 bits per heavy atom. The van der Waals surface area contributed by atoms with Gasteiger partial charge in [-0.15, -0.1) is 0 Å². The Kier molecular flexibility index (Phi) is 39.0. The van der Waals surface area contributed by atoms with Gasteiger partial charge in [-0.3, -0.25) is 9.59 Å². The number of carboxylic acids is 1. The lowest BCUT2D eigenvalue weighted by atomic mass is 10.1. The van der Waals surface area contributed by atoms with Gasteiger partial charge in [-0.2, -0.15) is 0 Å². The Balaban J connectivity index is 4.21. The molecule has 2 atom stereocenters. The fourth-order valence-electron chi connectivity index (χ4n) is 7.10. The van der Waals surface area contributed by atoms with E-state index in [4.69, 9.17) is 14.2 Å². The number of hydrogen-bond donors (Lipinski definition) is 0. The zero-order valence-corrected chi connectivity index (χ0v) is 38.0. The van der Waals surface area contributed by atoms with E-state index in [9.17, 15) is 19.5 Å². The molecule has 0 aliphatic heterocycles. The highest BCUT2D eigenvalue weighted by Crippen LogP contribution is 2.15. The van der Waals surface area contributed by atoms with Crippen molar-refractivity contribution in [2.75, 3.05) is 41.0 Å². The molecule has 0 saturated heterocycles. The van der Waals surface area contributed by atoms with E-state index in [1.54, 1.807) is 21.1 Å². The van der Waals surface area contributed by atoms with Crippen LogP contribution in [0.3, 0.4) is 0 Å². The molecule has 2 unspecified atom stereocenters. The number of aliphatic carboxylic acids is 1. The molecule has 0 radical (unpaired) electrons. The number of carbonyl (C=O) groups excluding carboxylic acids is 3. The molecule has 0 saturated carbocycles. The molecule has 334 valence electrons. The fraction of sp³-hybridized carbons (Fsp3) is 0.857. The molecule has 0 aromatic heterocycles. The van der Waals surface area contributed by atoms with Crippen LogP contribution in [-0.4, -0.2) is 75.5 Å². The van der Waals surface area contributed by atoms with Crippen LogP contribution in [0.1, 0.15) is 219 Å². The van der Waals surface area contributed by atoms with Crippen molar-refractivity contribution < 1.29 is 38.2 Å². The SMILES string of the molecule is CCCCCCCCCC/C=C/C/C=C/CCCCCCCCCC(=O)OCC(COCCC(C(=O)[O-])[N+](C)(C)C)OC(=O)CCCCCCCCCCCCC. The zero-order chi connectivity index (χ0) is 42.1. The third kappa shape index (κ3) is 39.1. The number of hydrogen-bond acceptors (Lipinski definition) is 7. The number of rotatable bonds is 43. The molecule has 57 heavy (non-hydrogen) atoms. The summed E-state index contributed by atoms with van der Waals surface area (Å²) in [7, 11) is 5.41. The van der Waals surface area contributed by atoms with E-state index in [0.29, 0.717) is 12.8 Å². The highest BCUT2D eigenvalue weighted by Gasteiger charge is 2.25. The highest BCUT2D eigenvalue weighted by atomic mass is 16.6. The van der Waals surface area contributed by atoms with Crippen molar-refractivity contribution in [3.63, 3.8) is 0 Å². The smallest absolute Gasteiger partial charge is 0.306 e. The Hall–Kier alpha value is -2.19. The molecule has 0 N–H and O–H groups in total. The largest absolute Gasteiger partial charge is 0.544 e. The molecule has 0 amide bonds. The lowest BCUT2D eigenvalue weighted by Gasteiger charge is -2.34. The third-order valence-corrected chi connectivity index (χ3v) is 10.8. The van der Waals surface area contributed by atoms with Gasteiger partial charge in [0.25, 0.3) is 0 Å². The van der Waals surface area contributed by atoms with E-state index < -0.39 is 18.1 Å². The number of ether oxygens (including phenoxy) is 3. The highest BCUT2D eigenvalue weighted by molar-refractivity contribution is 5.70. The summed E-state index contributed by atoms with van der Waals surface area (Å²) in [5.74, 6) is -1.73. The van der Waals surface area contributed by atoms with Crippen molar-refractivity contribution in [3.05, 3.63) is 24.3 Å². The Morgan fingerprint density at radius 1 is 0.526 bits per heavy atom. The maximum Gasteiger partial charge on any atom is 0.306 e. The van der Waals surface area contributed by atoms with Crippen LogP contribution < -0.4 is 5.11 Å². The van der Waals surface area contributed by atoms with Crippen LogP contribution in [0.15, 0.2) is 24.3 Å². The molecule has 0 rings (SSSR count). The summed E-state index contributed by atoms with van der Waals surface area (Å²) in [6.07, 6.45) is 44.9. The van der Waals surface area contributed by atoms with Gasteiger partial charge in [-0.25, -0.2) is 0 Å². The van der Waals surface area contributed by atoms with Crippen molar-refractivity contribution in [2.45, 2.75) is 231 Å². The van der Waals surface area contributed by atoms with Gasteiger partial charge in [0.1, 0.15) is 12.6 Å². The molecule has 8 nitrogen and oxygen atoms in total. The summed E-state index contributed by atoms with van der Waals surface area (Å²) in [6, 6.07) is -0.723. The number of quaternary nitrogens is 1. The first kappa shape index (κ1) is 54.8. The summed E-state index contributed by atoms with van der Waals surface area (Å²) in [4.78, 5) is 36.8. The maximum absolute atomic E-state index is 12.7. The first-order valence-corrected chi connectivity index (χ1v) is 23.9. The lowest BCUT2D eigenvalue weighted by molar-refractivity contribution is -0.889. The second-order valence-electron chi connectivity index (χ2n) is 17.4. The molecule has 0 aliphatic rings. The number of nitrogens with zero attached hydrogens (tertiary/aromatic N) is 1. The molecule has 0 bridgehead atoms. The molecule has 0 spiro atoms. The van der Waals surface area contributed by atoms with Crippen LogP contribution >= 0.6 is 0 Å². The van der Waals surface area contributed by atoms with Crippen molar-refractivity contribution in [1.29, 1.82) is 0 Å². The molecule has 0 aromatic rings. The van der Waals surface area contributed by atoms with Gasteiger partial charge in [-0.05, 0) is 44.9 Å². The van der Waals surface area contributed by atoms with Crippen LogP contribution in [0.5, 0.6) is 0 Å². The summed E-state index contributed by atoms with van der Waals surface area (Å²) in [6.45, 7) is 4.66. The molecule has 8 heteroatoms. The van der Waals surface area contributed by atoms with Crippen LogP contribution in [-0.2, 0) is 28.6 Å². The standard InChI is InChI=1S/C49H91NO7/c1-6-8-10-12-14-16-18-19-20-21-22-23-24-25-26-27-28-30-31-33-35-37-39-47(51)56-44-45(43-55-42-41-46(49(53)54)50(3,4)5)57-48(52)40-38-36-34-32-29-17-15-13-11-9-7-2/h21-22,24-25,45-46H,6-20,23,26-44H2,1-5H3/b22-21+,25-24+. The van der Waals surface area contributed by atoms with Gasteiger partial charge >= 0.3 is 11.9 Å². The van der Waals surface area contributed by atoms with E-state index in [0.717, 1.165) is 51.4 Å². The summed E-state index contributed by atoms with van der Waals surface area (Å²) in [5, 5.41) is 11.6. The number of likely N-dealkylation sites (N-methyl/N-ethyl adjacent to an activating group) is 1. The van der Waals surface area contributed by atoms with Crippen molar-refractivity contribution in [2.24, 2.45) is 0 Å². The monoisotopic (exact) mass is 806 g/mol. The van der Waals surface area contributed by atoms with E-state index in [1.807, 2.05) is 0 Å². The molecular weight excluding hydrogens is 715 g/mol. The fourth-order valence-corrected chi connectivity index (χ4v) is 7.10. The number of unbranched alkanes of at least 4 members (excludes halogenated alkanes) is 25. The van der Waals surface area contributed by atoms with Gasteiger partial charge in [0.15, 0.2) is 6.10 Å². The molecule has 0 heterocycles. The minimum atomic E-state index is -1.12. The minimum Gasteiger partial charge on any atom is -0.544 e. The van der Waals surface area contributed by atoms with Gasteiger partial charge in [0.05, 0.1) is 40.3 Å².